The van der Waals surface area contributed by atoms with Crippen LogP contribution in [0.25, 0.3) is 0 Å². The van der Waals surface area contributed by atoms with Crippen molar-refractivity contribution >= 4 is 0 Å². The molecule has 3 atom stereocenters. The minimum atomic E-state index is 0.756. The third-order valence-electron chi connectivity index (χ3n) is 3.88. The van der Waals surface area contributed by atoms with E-state index < -0.39 is 0 Å². The molecule has 0 aliphatic carbocycles. The van der Waals surface area contributed by atoms with Crippen molar-refractivity contribution in [3.8, 4) is 0 Å². The Morgan fingerprint density at radius 2 is 1.77 bits per heavy atom. The first-order valence-corrected chi connectivity index (χ1v) is 5.62. The normalized spacial score (nSPS) is 45.7. The Bertz CT molecular complexity index is 173. The summed E-state index contributed by atoms with van der Waals surface area (Å²) >= 11 is 0. The molecule has 73 valence electrons. The molecule has 0 amide bonds. The minimum absolute atomic E-state index is 0.756. The molecule has 3 rings (SSSR count). The number of hydrogen-bond donors (Lipinski definition) is 0. The van der Waals surface area contributed by atoms with Gasteiger partial charge >= 0.3 is 0 Å². The highest BCUT2D eigenvalue weighted by Crippen LogP contribution is 2.37. The fourth-order valence-electron chi connectivity index (χ4n) is 3.29. The maximum absolute atomic E-state index is 5.48. The number of hydrogen-bond acceptors (Lipinski definition) is 2. The van der Waals surface area contributed by atoms with Gasteiger partial charge < -0.3 is 4.74 Å². The molecule has 3 aliphatic rings. The summed E-state index contributed by atoms with van der Waals surface area (Å²) in [5.74, 6) is 0. The van der Waals surface area contributed by atoms with Gasteiger partial charge in [-0.05, 0) is 38.5 Å². The van der Waals surface area contributed by atoms with E-state index in [1.807, 2.05) is 0 Å². The third kappa shape index (κ3) is 1.31. The molecule has 3 unspecified atom stereocenters. The zero-order chi connectivity index (χ0) is 8.67. The van der Waals surface area contributed by atoms with Crippen molar-refractivity contribution < 1.29 is 4.74 Å². The Morgan fingerprint density at radius 3 is 2.38 bits per heavy atom. The van der Waals surface area contributed by atoms with Gasteiger partial charge in [0, 0.05) is 24.7 Å². The summed E-state index contributed by atoms with van der Waals surface area (Å²) in [6.07, 6.45) is 9.27. The van der Waals surface area contributed by atoms with Gasteiger partial charge in [-0.2, -0.15) is 0 Å². The van der Waals surface area contributed by atoms with Crippen molar-refractivity contribution in [2.45, 2.75) is 50.2 Å². The van der Waals surface area contributed by atoms with Crippen LogP contribution in [-0.4, -0.2) is 36.2 Å². The predicted octanol–water partition coefficient (Wildman–Crippen LogP) is 1.61. The Balaban J connectivity index is 1.75. The SMILES string of the molecule is [CH]1CC2CCC(C1)N2C1CCOC1. The average molecular weight is 180 g/mol. The average Bonchev–Trinajstić information content (AvgIpc) is 2.72. The molecule has 0 saturated carbocycles. The first-order chi connectivity index (χ1) is 6.45. The number of nitrogens with zero attached hydrogens (tertiary/aromatic N) is 1. The zero-order valence-corrected chi connectivity index (χ0v) is 8.11. The maximum atomic E-state index is 5.48. The summed E-state index contributed by atoms with van der Waals surface area (Å²) in [5.41, 5.74) is 0. The summed E-state index contributed by atoms with van der Waals surface area (Å²) in [5, 5.41) is 0. The smallest absolute Gasteiger partial charge is 0.0622 e. The summed E-state index contributed by atoms with van der Waals surface area (Å²) in [7, 11) is 0. The van der Waals surface area contributed by atoms with Crippen molar-refractivity contribution in [1.82, 2.24) is 4.90 Å². The molecule has 0 aromatic heterocycles. The molecule has 1 radical (unpaired) electrons. The van der Waals surface area contributed by atoms with Crippen molar-refractivity contribution in [2.75, 3.05) is 13.2 Å². The Morgan fingerprint density at radius 1 is 1.00 bits per heavy atom. The van der Waals surface area contributed by atoms with Crippen LogP contribution in [0.4, 0.5) is 0 Å². The molecular formula is C11H18NO. The van der Waals surface area contributed by atoms with Crippen LogP contribution in [0.2, 0.25) is 0 Å². The Labute approximate surface area is 80.2 Å². The van der Waals surface area contributed by atoms with Gasteiger partial charge in [0.2, 0.25) is 0 Å². The lowest BCUT2D eigenvalue weighted by Crippen LogP contribution is -2.47. The van der Waals surface area contributed by atoms with Gasteiger partial charge in [-0.3, -0.25) is 4.90 Å². The lowest BCUT2D eigenvalue weighted by molar-refractivity contribution is 0.0880. The van der Waals surface area contributed by atoms with Crippen LogP contribution in [0.3, 0.4) is 0 Å². The van der Waals surface area contributed by atoms with Gasteiger partial charge in [0.05, 0.1) is 6.61 Å². The first kappa shape index (κ1) is 8.25. The Kier molecular flexibility index (Phi) is 2.06. The van der Waals surface area contributed by atoms with E-state index in [0.717, 1.165) is 31.3 Å². The van der Waals surface area contributed by atoms with Crippen LogP contribution in [0.5, 0.6) is 0 Å². The maximum Gasteiger partial charge on any atom is 0.0622 e. The molecule has 3 saturated heterocycles. The Hall–Kier alpha value is -0.0800. The second-order valence-corrected chi connectivity index (χ2v) is 4.61. The molecule has 2 nitrogen and oxygen atoms in total. The summed E-state index contributed by atoms with van der Waals surface area (Å²) in [4.78, 5) is 2.77. The van der Waals surface area contributed by atoms with Gasteiger partial charge in [0.25, 0.3) is 0 Å². The van der Waals surface area contributed by atoms with Crippen LogP contribution < -0.4 is 0 Å². The highest BCUT2D eigenvalue weighted by atomic mass is 16.5. The molecule has 13 heavy (non-hydrogen) atoms. The molecule has 2 heteroatoms. The second kappa shape index (κ2) is 3.25. The van der Waals surface area contributed by atoms with E-state index in [1.165, 1.54) is 32.1 Å². The van der Waals surface area contributed by atoms with Crippen LogP contribution in [0, 0.1) is 6.42 Å². The fraction of sp³-hybridized carbons (Fsp3) is 0.909. The van der Waals surface area contributed by atoms with E-state index in [-0.39, 0.29) is 0 Å². The van der Waals surface area contributed by atoms with Gasteiger partial charge in [-0.25, -0.2) is 0 Å². The van der Waals surface area contributed by atoms with Crippen molar-refractivity contribution in [2.24, 2.45) is 0 Å². The van der Waals surface area contributed by atoms with Gasteiger partial charge in [-0.1, -0.05) is 0 Å². The van der Waals surface area contributed by atoms with Gasteiger partial charge in [-0.15, -0.1) is 0 Å². The third-order valence-corrected chi connectivity index (χ3v) is 3.88. The lowest BCUT2D eigenvalue weighted by Gasteiger charge is -2.38. The molecule has 0 N–H and O–H groups in total. The van der Waals surface area contributed by atoms with E-state index in [9.17, 15) is 0 Å². The standard InChI is InChI=1S/C11H18NO/c1-2-9-4-5-10(3-1)12(9)11-6-7-13-8-11/h1,9-11H,2-8H2. The summed E-state index contributed by atoms with van der Waals surface area (Å²) in [6.45, 7) is 1.98. The van der Waals surface area contributed by atoms with Crippen LogP contribution in [0.15, 0.2) is 0 Å². The number of fused-ring (bicyclic) bond motifs is 2. The topological polar surface area (TPSA) is 12.5 Å². The second-order valence-electron chi connectivity index (χ2n) is 4.61. The lowest BCUT2D eigenvalue weighted by atomic mass is 10.00. The number of ether oxygens (including phenoxy) is 1. The van der Waals surface area contributed by atoms with E-state index in [0.29, 0.717) is 0 Å². The molecular weight excluding hydrogens is 162 g/mol. The van der Waals surface area contributed by atoms with Crippen molar-refractivity contribution in [1.29, 1.82) is 0 Å². The molecule has 0 aromatic rings. The van der Waals surface area contributed by atoms with E-state index in [1.54, 1.807) is 0 Å². The predicted molar refractivity (Wildman–Crippen MR) is 51.4 cm³/mol. The largest absolute Gasteiger partial charge is 0.380 e. The molecule has 0 aromatic carbocycles. The summed E-state index contributed by atoms with van der Waals surface area (Å²) in [6, 6.07) is 2.49. The van der Waals surface area contributed by atoms with Crippen LogP contribution in [-0.2, 0) is 4.74 Å². The molecule has 3 fully saturated rings. The van der Waals surface area contributed by atoms with Crippen molar-refractivity contribution in [3.05, 3.63) is 6.42 Å². The van der Waals surface area contributed by atoms with Gasteiger partial charge in [0.1, 0.15) is 0 Å². The van der Waals surface area contributed by atoms with Crippen LogP contribution >= 0.6 is 0 Å². The molecule has 0 spiro atoms. The number of piperidine rings is 1. The van der Waals surface area contributed by atoms with E-state index in [4.69, 9.17) is 4.74 Å². The molecule has 3 aliphatic heterocycles. The number of rotatable bonds is 1. The highest BCUT2D eigenvalue weighted by molar-refractivity contribution is 5.01. The highest BCUT2D eigenvalue weighted by Gasteiger charge is 2.41. The van der Waals surface area contributed by atoms with Crippen molar-refractivity contribution in [3.63, 3.8) is 0 Å². The first-order valence-electron chi connectivity index (χ1n) is 5.62. The summed E-state index contributed by atoms with van der Waals surface area (Å²) < 4.78 is 5.48. The van der Waals surface area contributed by atoms with Crippen LogP contribution in [0.1, 0.15) is 32.1 Å². The van der Waals surface area contributed by atoms with E-state index >= 15 is 0 Å². The molecule has 2 bridgehead atoms. The minimum Gasteiger partial charge on any atom is -0.380 e. The molecule has 3 heterocycles. The van der Waals surface area contributed by atoms with E-state index in [2.05, 4.69) is 11.3 Å². The quantitative estimate of drug-likeness (QED) is 0.608. The monoisotopic (exact) mass is 180 g/mol. The zero-order valence-electron chi connectivity index (χ0n) is 8.11. The van der Waals surface area contributed by atoms with Gasteiger partial charge in [0.15, 0.2) is 0 Å². The fourth-order valence-corrected chi connectivity index (χ4v) is 3.29.